The zero-order valence-electron chi connectivity index (χ0n) is 13.7. The highest BCUT2D eigenvalue weighted by atomic mass is 16.4. The lowest BCUT2D eigenvalue weighted by atomic mass is 10.0. The molecule has 0 spiro atoms. The molecule has 0 unspecified atom stereocenters. The molecule has 5 rings (SSSR count). The number of benzene rings is 2. The van der Waals surface area contributed by atoms with Crippen molar-refractivity contribution < 1.29 is 8.83 Å². The molecule has 1 aliphatic heterocycles. The first-order valence-electron chi connectivity index (χ1n) is 8.58. The summed E-state index contributed by atoms with van der Waals surface area (Å²) in [4.78, 5) is 13.8. The van der Waals surface area contributed by atoms with E-state index in [1.807, 2.05) is 6.07 Å². The van der Waals surface area contributed by atoms with Gasteiger partial charge in [0.05, 0.1) is 6.26 Å². The van der Waals surface area contributed by atoms with Crippen LogP contribution in [0.2, 0.25) is 0 Å². The van der Waals surface area contributed by atoms with E-state index in [1.54, 1.807) is 18.4 Å². The Bertz CT molecular complexity index is 1120. The average Bonchev–Trinajstić information content (AvgIpc) is 3.30. The van der Waals surface area contributed by atoms with Crippen molar-refractivity contribution in [3.63, 3.8) is 0 Å². The summed E-state index contributed by atoms with van der Waals surface area (Å²) in [6.07, 6.45) is 4.32. The van der Waals surface area contributed by atoms with Crippen molar-refractivity contribution >= 4 is 27.6 Å². The van der Waals surface area contributed by atoms with Gasteiger partial charge in [-0.3, -0.25) is 0 Å². The zero-order valence-corrected chi connectivity index (χ0v) is 13.7. The van der Waals surface area contributed by atoms with E-state index >= 15 is 0 Å². The Morgan fingerprint density at radius 3 is 2.48 bits per heavy atom. The monoisotopic (exact) mass is 331 g/mol. The van der Waals surface area contributed by atoms with E-state index in [0.717, 1.165) is 40.6 Å². The third-order valence-electron chi connectivity index (χ3n) is 4.96. The molecule has 2 aromatic carbocycles. The van der Waals surface area contributed by atoms with Crippen molar-refractivity contribution in [2.75, 3.05) is 18.0 Å². The van der Waals surface area contributed by atoms with Crippen LogP contribution in [0.5, 0.6) is 0 Å². The third-order valence-corrected chi connectivity index (χ3v) is 4.96. The van der Waals surface area contributed by atoms with Gasteiger partial charge in [0, 0.05) is 47.2 Å². The van der Waals surface area contributed by atoms with Crippen LogP contribution in [0.25, 0.3) is 33.1 Å². The summed E-state index contributed by atoms with van der Waals surface area (Å²) in [5, 5.41) is 1.92. The normalized spacial score (nSPS) is 14.6. The maximum Gasteiger partial charge on any atom is 0.336 e. The molecule has 0 N–H and O–H groups in total. The zero-order chi connectivity index (χ0) is 16.8. The van der Waals surface area contributed by atoms with Crippen LogP contribution in [0.15, 0.2) is 68.4 Å². The molecule has 124 valence electrons. The second kappa shape index (κ2) is 5.52. The van der Waals surface area contributed by atoms with E-state index in [4.69, 9.17) is 8.83 Å². The fourth-order valence-electron chi connectivity index (χ4n) is 3.64. The lowest BCUT2D eigenvalue weighted by molar-refractivity contribution is 0.559. The van der Waals surface area contributed by atoms with Gasteiger partial charge in [-0.15, -0.1) is 0 Å². The van der Waals surface area contributed by atoms with Crippen LogP contribution in [-0.4, -0.2) is 13.1 Å². The highest BCUT2D eigenvalue weighted by Gasteiger charge is 2.14. The van der Waals surface area contributed by atoms with E-state index in [0.29, 0.717) is 5.58 Å². The summed E-state index contributed by atoms with van der Waals surface area (Å²) >= 11 is 0. The highest BCUT2D eigenvalue weighted by molar-refractivity contribution is 6.01. The van der Waals surface area contributed by atoms with Crippen LogP contribution in [0.1, 0.15) is 12.8 Å². The van der Waals surface area contributed by atoms with Gasteiger partial charge < -0.3 is 13.7 Å². The van der Waals surface area contributed by atoms with Gasteiger partial charge in [0.1, 0.15) is 11.2 Å². The van der Waals surface area contributed by atoms with Crippen LogP contribution in [-0.2, 0) is 0 Å². The Balaban J connectivity index is 1.60. The molecule has 0 aliphatic carbocycles. The first-order valence-corrected chi connectivity index (χ1v) is 8.58. The number of nitrogens with zero attached hydrogens (tertiary/aromatic N) is 1. The molecule has 0 atom stereocenters. The summed E-state index contributed by atoms with van der Waals surface area (Å²) in [6, 6.07) is 15.7. The number of rotatable bonds is 2. The minimum absolute atomic E-state index is 0.351. The number of hydrogen-bond donors (Lipinski definition) is 0. The molecule has 2 aromatic heterocycles. The molecule has 0 saturated carbocycles. The predicted molar refractivity (Wildman–Crippen MR) is 99.1 cm³/mol. The largest absolute Gasteiger partial charge is 0.464 e. The highest BCUT2D eigenvalue weighted by Crippen LogP contribution is 2.34. The minimum atomic E-state index is -0.351. The van der Waals surface area contributed by atoms with Crippen LogP contribution in [0.4, 0.5) is 5.69 Å². The second-order valence-electron chi connectivity index (χ2n) is 6.53. The van der Waals surface area contributed by atoms with Gasteiger partial charge in [-0.1, -0.05) is 12.1 Å². The molecular weight excluding hydrogens is 314 g/mol. The molecule has 0 amide bonds. The molecule has 0 bridgehead atoms. The van der Waals surface area contributed by atoms with Crippen molar-refractivity contribution in [2.24, 2.45) is 0 Å². The Morgan fingerprint density at radius 1 is 0.880 bits per heavy atom. The number of hydrogen-bond acceptors (Lipinski definition) is 4. The fraction of sp³-hybridized carbons (Fsp3) is 0.190. The van der Waals surface area contributed by atoms with Gasteiger partial charge in [0.15, 0.2) is 0 Å². The van der Waals surface area contributed by atoms with E-state index in [2.05, 4.69) is 29.2 Å². The summed E-state index contributed by atoms with van der Waals surface area (Å²) in [6.45, 7) is 2.29. The molecular formula is C21H17NO3. The molecule has 4 heteroatoms. The Kier molecular flexibility index (Phi) is 3.17. The lowest BCUT2D eigenvalue weighted by Gasteiger charge is -2.17. The Hall–Kier alpha value is -3.01. The fourth-order valence-corrected chi connectivity index (χ4v) is 3.64. The van der Waals surface area contributed by atoms with Crippen molar-refractivity contribution in [2.45, 2.75) is 12.8 Å². The van der Waals surface area contributed by atoms with Gasteiger partial charge >= 0.3 is 5.63 Å². The molecule has 4 aromatic rings. The van der Waals surface area contributed by atoms with Gasteiger partial charge in [0.2, 0.25) is 0 Å². The first kappa shape index (κ1) is 14.3. The number of furan rings is 1. The minimum Gasteiger partial charge on any atom is -0.464 e. The SMILES string of the molecule is O=c1ccc2cc3c(-c4ccc(N5CCCC5)cc4)coc3cc2o1. The Labute approximate surface area is 144 Å². The van der Waals surface area contributed by atoms with Crippen LogP contribution < -0.4 is 10.5 Å². The summed E-state index contributed by atoms with van der Waals surface area (Å²) < 4.78 is 10.9. The van der Waals surface area contributed by atoms with Crippen molar-refractivity contribution in [3.8, 4) is 11.1 Å². The molecule has 25 heavy (non-hydrogen) atoms. The second-order valence-corrected chi connectivity index (χ2v) is 6.53. The topological polar surface area (TPSA) is 46.6 Å². The molecule has 1 aliphatic rings. The van der Waals surface area contributed by atoms with Crippen molar-refractivity contribution in [1.82, 2.24) is 0 Å². The summed E-state index contributed by atoms with van der Waals surface area (Å²) in [5.74, 6) is 0. The standard InChI is InChI=1S/C21H17NO3/c23-21-8-5-15-11-17-18(13-24-20(17)12-19(15)25-21)14-3-6-16(7-4-14)22-9-1-2-10-22/h3-8,11-13H,1-2,9-10H2. The van der Waals surface area contributed by atoms with E-state index in [1.165, 1.54) is 24.6 Å². The van der Waals surface area contributed by atoms with Crippen molar-refractivity contribution in [1.29, 1.82) is 0 Å². The average molecular weight is 331 g/mol. The van der Waals surface area contributed by atoms with E-state index in [-0.39, 0.29) is 5.63 Å². The summed E-state index contributed by atoms with van der Waals surface area (Å²) in [5.41, 5.74) is 4.37. The van der Waals surface area contributed by atoms with Crippen LogP contribution in [0, 0.1) is 0 Å². The van der Waals surface area contributed by atoms with E-state index < -0.39 is 0 Å². The molecule has 1 saturated heterocycles. The predicted octanol–water partition coefficient (Wildman–Crippen LogP) is 4.81. The number of fused-ring (bicyclic) bond motifs is 2. The van der Waals surface area contributed by atoms with Crippen LogP contribution in [0.3, 0.4) is 0 Å². The molecule has 4 nitrogen and oxygen atoms in total. The quantitative estimate of drug-likeness (QED) is 0.495. The maximum absolute atomic E-state index is 11.4. The molecule has 3 heterocycles. The van der Waals surface area contributed by atoms with Crippen LogP contribution >= 0.6 is 0 Å². The molecule has 0 radical (unpaired) electrons. The van der Waals surface area contributed by atoms with Gasteiger partial charge in [-0.05, 0) is 42.7 Å². The van der Waals surface area contributed by atoms with E-state index in [9.17, 15) is 4.79 Å². The van der Waals surface area contributed by atoms with Gasteiger partial charge in [-0.2, -0.15) is 0 Å². The van der Waals surface area contributed by atoms with Gasteiger partial charge in [0.25, 0.3) is 0 Å². The smallest absolute Gasteiger partial charge is 0.336 e. The Morgan fingerprint density at radius 2 is 1.68 bits per heavy atom. The maximum atomic E-state index is 11.4. The van der Waals surface area contributed by atoms with Gasteiger partial charge in [-0.25, -0.2) is 4.79 Å². The summed E-state index contributed by atoms with van der Waals surface area (Å²) in [7, 11) is 0. The first-order chi connectivity index (χ1) is 12.3. The number of anilines is 1. The lowest BCUT2D eigenvalue weighted by Crippen LogP contribution is -2.17. The third kappa shape index (κ3) is 2.41. The van der Waals surface area contributed by atoms with Crippen molar-refractivity contribution in [3.05, 3.63) is 65.2 Å². The molecule has 1 fully saturated rings.